The molecule has 0 atom stereocenters. The molecule has 6 aromatic rings. The van der Waals surface area contributed by atoms with E-state index >= 15 is 0 Å². The number of benzene rings is 4. The maximum absolute atomic E-state index is 6.46. The van der Waals surface area contributed by atoms with Crippen molar-refractivity contribution in [1.82, 2.24) is 9.97 Å². The summed E-state index contributed by atoms with van der Waals surface area (Å²) in [4.78, 5) is 9.38. The van der Waals surface area contributed by atoms with E-state index in [1.165, 1.54) is 12.8 Å². The highest BCUT2D eigenvalue weighted by Gasteiger charge is 2.15. The summed E-state index contributed by atoms with van der Waals surface area (Å²) in [7, 11) is 0. The first-order chi connectivity index (χ1) is 24.5. The Labute approximate surface area is 293 Å². The molecular weight excluding hydrogens is 624 g/mol. The molecule has 50 heavy (non-hydrogen) atoms. The molecule has 0 bridgehead atoms. The van der Waals surface area contributed by atoms with E-state index in [2.05, 4.69) is 13.8 Å². The molecule has 2 aromatic heterocycles. The normalized spacial score (nSPS) is 11.8. The highest BCUT2D eigenvalue weighted by Crippen LogP contribution is 2.28. The van der Waals surface area contributed by atoms with Gasteiger partial charge in [-0.1, -0.05) is 88.8 Å². The predicted octanol–water partition coefficient (Wildman–Crippen LogP) is 9.64. The number of hydrogen-bond donors (Lipinski definition) is 2. The van der Waals surface area contributed by atoms with Crippen LogP contribution in [0.15, 0.2) is 104 Å². The lowest BCUT2D eigenvalue weighted by Crippen LogP contribution is -2.18. The fourth-order valence-electron chi connectivity index (χ4n) is 5.72. The van der Waals surface area contributed by atoms with Gasteiger partial charge in [-0.3, -0.25) is 0 Å². The third-order valence-corrected chi connectivity index (χ3v) is 8.63. The number of nitrogens with zero attached hydrogens (tertiary/aromatic N) is 6. The molecule has 0 saturated carbocycles. The minimum atomic E-state index is 0.466. The first-order valence-electron chi connectivity index (χ1n) is 17.7. The molecule has 0 amide bonds. The molecule has 258 valence electrons. The molecule has 0 saturated heterocycles. The summed E-state index contributed by atoms with van der Waals surface area (Å²) in [5.41, 5.74) is 20.8. The zero-order valence-electron chi connectivity index (χ0n) is 29.0. The quantitative estimate of drug-likeness (QED) is 0.0424. The van der Waals surface area contributed by atoms with Crippen LogP contribution in [0.5, 0.6) is 0 Å². The fourth-order valence-corrected chi connectivity index (χ4v) is 5.72. The molecule has 10 heteroatoms. The van der Waals surface area contributed by atoms with Crippen molar-refractivity contribution in [2.75, 3.05) is 34.6 Å². The standard InChI is InChI=1S/C40H46N8O2/c1-3-5-7-13-23-47(39-45-35-15-9-11-17-37(35)49-39)43-27-31-25-29(19-21-33(31)41)30-20-22-34(42)32(26-30)28-44-48(24-14-8-6-4-2)40-46-36-16-10-12-18-38(36)50-40/h9-12,15-22,25-28H,3-8,13-14,23-24,41-42H2,1-2H3/b43-27+,44-28+. The SMILES string of the molecule is CCCCCCN(/N=C/c1cc(-c2ccc(N)c(/C=N/N(CCCCCC)c3nc4ccccc4o3)c2)ccc1N)c1nc2ccccc2o1. The molecule has 6 rings (SSSR count). The summed E-state index contributed by atoms with van der Waals surface area (Å²) in [5.74, 6) is 0. The van der Waals surface area contributed by atoms with Gasteiger partial charge in [-0.2, -0.15) is 20.2 Å². The van der Waals surface area contributed by atoms with Crippen LogP contribution in [0.1, 0.15) is 76.3 Å². The largest absolute Gasteiger partial charge is 0.422 e. The highest BCUT2D eigenvalue weighted by atomic mass is 16.4. The van der Waals surface area contributed by atoms with Gasteiger partial charge in [0.1, 0.15) is 11.0 Å². The second kappa shape index (κ2) is 16.6. The second-order valence-electron chi connectivity index (χ2n) is 12.5. The van der Waals surface area contributed by atoms with Crippen LogP contribution in [-0.2, 0) is 0 Å². The number of oxazole rings is 2. The number of fused-ring (bicyclic) bond motifs is 2. The number of rotatable bonds is 17. The van der Waals surface area contributed by atoms with Crippen LogP contribution in [0, 0.1) is 0 Å². The topological polar surface area (TPSA) is 135 Å². The van der Waals surface area contributed by atoms with E-state index in [0.29, 0.717) is 36.5 Å². The van der Waals surface area contributed by atoms with Crippen molar-refractivity contribution in [3.8, 4) is 11.1 Å². The molecule has 0 radical (unpaired) electrons. The van der Waals surface area contributed by atoms with Crippen LogP contribution < -0.4 is 21.5 Å². The molecule has 0 unspecified atom stereocenters. The smallest absolute Gasteiger partial charge is 0.319 e. The van der Waals surface area contributed by atoms with Crippen molar-refractivity contribution in [2.24, 2.45) is 10.2 Å². The summed E-state index contributed by atoms with van der Waals surface area (Å²) in [6.07, 6.45) is 12.4. The average Bonchev–Trinajstić information content (AvgIpc) is 3.77. The van der Waals surface area contributed by atoms with Crippen molar-refractivity contribution in [3.63, 3.8) is 0 Å². The molecule has 0 fully saturated rings. The minimum Gasteiger partial charge on any atom is -0.422 e. The van der Waals surface area contributed by atoms with Gasteiger partial charge < -0.3 is 20.3 Å². The fraction of sp³-hybridized carbons (Fsp3) is 0.300. The Morgan fingerprint density at radius 1 is 0.580 bits per heavy atom. The average molecular weight is 671 g/mol. The number of para-hydroxylation sites is 4. The lowest BCUT2D eigenvalue weighted by molar-refractivity contribution is 0.557. The molecule has 4 N–H and O–H groups in total. The van der Waals surface area contributed by atoms with Crippen LogP contribution in [-0.4, -0.2) is 35.5 Å². The van der Waals surface area contributed by atoms with E-state index in [4.69, 9.17) is 40.5 Å². The van der Waals surface area contributed by atoms with Crippen LogP contribution >= 0.6 is 0 Å². The summed E-state index contributed by atoms with van der Waals surface area (Å²) in [6, 6.07) is 28.3. The van der Waals surface area contributed by atoms with Crippen LogP contribution in [0.2, 0.25) is 0 Å². The molecule has 4 aromatic carbocycles. The number of hydrazone groups is 2. The Hall–Kier alpha value is -5.64. The number of hydrogen-bond acceptors (Lipinski definition) is 10. The third kappa shape index (κ3) is 8.49. The first-order valence-corrected chi connectivity index (χ1v) is 17.7. The van der Waals surface area contributed by atoms with Gasteiger partial charge in [0, 0.05) is 35.6 Å². The Morgan fingerprint density at radius 3 is 1.44 bits per heavy atom. The Morgan fingerprint density at radius 2 is 1.02 bits per heavy atom. The maximum atomic E-state index is 6.46. The lowest BCUT2D eigenvalue weighted by atomic mass is 10.00. The third-order valence-electron chi connectivity index (χ3n) is 8.63. The summed E-state index contributed by atoms with van der Waals surface area (Å²) >= 11 is 0. The van der Waals surface area contributed by atoms with Gasteiger partial charge in [-0.15, -0.1) is 0 Å². The van der Waals surface area contributed by atoms with E-state index < -0.39 is 0 Å². The number of nitrogen functional groups attached to an aromatic ring is 2. The number of nitrogens with two attached hydrogens (primary N) is 2. The van der Waals surface area contributed by atoms with Crippen molar-refractivity contribution in [2.45, 2.75) is 65.2 Å². The molecule has 0 aliphatic carbocycles. The van der Waals surface area contributed by atoms with Gasteiger partial charge in [-0.05, 0) is 72.5 Å². The predicted molar refractivity (Wildman–Crippen MR) is 207 cm³/mol. The van der Waals surface area contributed by atoms with E-state index in [0.717, 1.165) is 83.0 Å². The van der Waals surface area contributed by atoms with E-state index in [-0.39, 0.29) is 0 Å². The maximum Gasteiger partial charge on any atom is 0.319 e. The van der Waals surface area contributed by atoms with Crippen molar-refractivity contribution in [1.29, 1.82) is 0 Å². The molecular formula is C40H46N8O2. The van der Waals surface area contributed by atoms with Crippen molar-refractivity contribution in [3.05, 3.63) is 96.1 Å². The van der Waals surface area contributed by atoms with Gasteiger partial charge in [0.05, 0.1) is 12.4 Å². The van der Waals surface area contributed by atoms with Crippen LogP contribution in [0.25, 0.3) is 33.3 Å². The molecule has 0 aliphatic heterocycles. The van der Waals surface area contributed by atoms with E-state index in [1.54, 1.807) is 12.4 Å². The summed E-state index contributed by atoms with van der Waals surface area (Å²) in [5, 5.41) is 13.3. The van der Waals surface area contributed by atoms with Crippen LogP contribution in [0.3, 0.4) is 0 Å². The van der Waals surface area contributed by atoms with E-state index in [9.17, 15) is 0 Å². The number of aromatic nitrogens is 2. The summed E-state index contributed by atoms with van der Waals surface area (Å²) in [6.45, 7) is 5.77. The molecule has 2 heterocycles. The first kappa shape index (κ1) is 34.2. The van der Waals surface area contributed by atoms with Gasteiger partial charge in [0.15, 0.2) is 11.2 Å². The molecule has 0 spiro atoms. The number of unbranched alkanes of at least 4 members (excludes halogenated alkanes) is 6. The Bertz CT molecular complexity index is 1850. The van der Waals surface area contributed by atoms with Crippen LogP contribution in [0.4, 0.5) is 23.4 Å². The summed E-state index contributed by atoms with van der Waals surface area (Å²) < 4.78 is 12.1. The lowest BCUT2D eigenvalue weighted by Gasteiger charge is -2.15. The Balaban J connectivity index is 1.25. The van der Waals surface area contributed by atoms with Gasteiger partial charge in [0.2, 0.25) is 0 Å². The van der Waals surface area contributed by atoms with Crippen molar-refractivity contribution >= 4 is 58.0 Å². The van der Waals surface area contributed by atoms with Gasteiger partial charge >= 0.3 is 12.0 Å². The van der Waals surface area contributed by atoms with Gasteiger partial charge in [0.25, 0.3) is 0 Å². The number of anilines is 4. The zero-order chi connectivity index (χ0) is 34.7. The minimum absolute atomic E-state index is 0.466. The Kier molecular flexibility index (Phi) is 11.4. The van der Waals surface area contributed by atoms with E-state index in [1.807, 2.05) is 94.9 Å². The van der Waals surface area contributed by atoms with Gasteiger partial charge in [-0.25, -0.2) is 10.0 Å². The molecule has 10 nitrogen and oxygen atoms in total. The van der Waals surface area contributed by atoms with Crippen molar-refractivity contribution < 1.29 is 8.83 Å². The monoisotopic (exact) mass is 670 g/mol. The second-order valence-corrected chi connectivity index (χ2v) is 12.5. The molecule has 0 aliphatic rings. The highest BCUT2D eigenvalue weighted by molar-refractivity contribution is 5.92. The zero-order valence-corrected chi connectivity index (χ0v) is 29.0.